The van der Waals surface area contributed by atoms with Gasteiger partial charge in [-0.1, -0.05) is 19.9 Å². The quantitative estimate of drug-likeness (QED) is 0.827. The molecule has 1 aromatic heterocycles. The topological polar surface area (TPSA) is 28.2 Å². The molecule has 90 valence electrons. The first-order chi connectivity index (χ1) is 7.50. The predicted octanol–water partition coefficient (Wildman–Crippen LogP) is 2.42. The molecule has 16 heavy (non-hydrogen) atoms. The molecule has 0 unspecified atom stereocenters. The van der Waals surface area contributed by atoms with Crippen LogP contribution in [0.4, 0.5) is 5.82 Å². The van der Waals surface area contributed by atoms with E-state index in [1.807, 2.05) is 6.20 Å². The molecular formula is C13H23N3. The van der Waals surface area contributed by atoms with Crippen molar-refractivity contribution in [1.82, 2.24) is 10.3 Å². The molecule has 1 N–H and O–H groups in total. The molecule has 0 fully saturated rings. The summed E-state index contributed by atoms with van der Waals surface area (Å²) in [6, 6.07) is 5.21. The van der Waals surface area contributed by atoms with Crippen molar-refractivity contribution >= 4 is 5.82 Å². The maximum atomic E-state index is 4.46. The molecule has 1 aromatic rings. The van der Waals surface area contributed by atoms with Crippen LogP contribution < -0.4 is 10.2 Å². The van der Waals surface area contributed by atoms with Crippen molar-refractivity contribution in [2.45, 2.75) is 46.3 Å². The van der Waals surface area contributed by atoms with Crippen LogP contribution in [-0.4, -0.2) is 24.1 Å². The van der Waals surface area contributed by atoms with Crippen LogP contribution in [0, 0.1) is 0 Å². The van der Waals surface area contributed by atoms with E-state index >= 15 is 0 Å². The fourth-order valence-corrected chi connectivity index (χ4v) is 1.32. The molecule has 0 radical (unpaired) electrons. The molecule has 1 heterocycles. The first-order valence-electron chi connectivity index (χ1n) is 5.92. The van der Waals surface area contributed by atoms with Gasteiger partial charge in [-0.2, -0.15) is 0 Å². The van der Waals surface area contributed by atoms with Gasteiger partial charge in [-0.15, -0.1) is 0 Å². The lowest BCUT2D eigenvalue weighted by molar-refractivity contribution is 0.588. The van der Waals surface area contributed by atoms with E-state index in [-0.39, 0.29) is 0 Å². The molecule has 0 saturated carbocycles. The molecule has 0 aromatic carbocycles. The van der Waals surface area contributed by atoms with E-state index in [1.165, 1.54) is 5.56 Å². The first kappa shape index (κ1) is 13.0. The van der Waals surface area contributed by atoms with Crippen molar-refractivity contribution in [3.63, 3.8) is 0 Å². The Bertz CT molecular complexity index is 303. The summed E-state index contributed by atoms with van der Waals surface area (Å²) < 4.78 is 0. The predicted molar refractivity (Wildman–Crippen MR) is 69.8 cm³/mol. The van der Waals surface area contributed by atoms with E-state index in [0.29, 0.717) is 12.1 Å². The van der Waals surface area contributed by atoms with Crippen LogP contribution >= 0.6 is 0 Å². The highest BCUT2D eigenvalue weighted by Crippen LogP contribution is 2.12. The zero-order valence-corrected chi connectivity index (χ0v) is 11.0. The summed E-state index contributed by atoms with van der Waals surface area (Å²) in [6.45, 7) is 9.50. The smallest absolute Gasteiger partial charge is 0.128 e. The van der Waals surface area contributed by atoms with E-state index < -0.39 is 0 Å². The number of hydrogen-bond donors (Lipinski definition) is 1. The SMILES string of the molecule is CC(C)NCc1ccc(N(C)C(C)C)nc1. The third kappa shape index (κ3) is 3.81. The van der Waals surface area contributed by atoms with Crippen LogP contribution in [0.1, 0.15) is 33.3 Å². The highest BCUT2D eigenvalue weighted by Gasteiger charge is 2.05. The molecule has 3 nitrogen and oxygen atoms in total. The van der Waals surface area contributed by atoms with Crippen LogP contribution in [0.2, 0.25) is 0 Å². The van der Waals surface area contributed by atoms with Crippen molar-refractivity contribution in [3.8, 4) is 0 Å². The molecule has 0 amide bonds. The first-order valence-corrected chi connectivity index (χ1v) is 5.92. The summed E-state index contributed by atoms with van der Waals surface area (Å²) in [7, 11) is 2.07. The van der Waals surface area contributed by atoms with Crippen molar-refractivity contribution in [2.24, 2.45) is 0 Å². The molecule has 0 aliphatic rings. The van der Waals surface area contributed by atoms with E-state index in [2.05, 4.69) is 62.1 Å². The summed E-state index contributed by atoms with van der Waals surface area (Å²) >= 11 is 0. The number of aromatic nitrogens is 1. The van der Waals surface area contributed by atoms with Gasteiger partial charge in [0.2, 0.25) is 0 Å². The Kier molecular flexibility index (Phi) is 4.74. The third-order valence-electron chi connectivity index (χ3n) is 2.66. The average molecular weight is 221 g/mol. The van der Waals surface area contributed by atoms with Crippen LogP contribution in [0.5, 0.6) is 0 Å². The minimum atomic E-state index is 0.479. The zero-order chi connectivity index (χ0) is 12.1. The minimum absolute atomic E-state index is 0.479. The Balaban J connectivity index is 2.61. The van der Waals surface area contributed by atoms with Gasteiger partial charge in [-0.3, -0.25) is 0 Å². The monoisotopic (exact) mass is 221 g/mol. The lowest BCUT2D eigenvalue weighted by atomic mass is 10.2. The second-order valence-electron chi connectivity index (χ2n) is 4.76. The highest BCUT2D eigenvalue weighted by molar-refractivity contribution is 5.39. The number of rotatable bonds is 5. The van der Waals surface area contributed by atoms with Gasteiger partial charge in [0.25, 0.3) is 0 Å². The van der Waals surface area contributed by atoms with E-state index in [0.717, 1.165) is 12.4 Å². The molecule has 0 aliphatic heterocycles. The fourth-order valence-electron chi connectivity index (χ4n) is 1.32. The van der Waals surface area contributed by atoms with Gasteiger partial charge in [0, 0.05) is 31.9 Å². The molecule has 1 rings (SSSR count). The Hall–Kier alpha value is -1.09. The van der Waals surface area contributed by atoms with Crippen LogP contribution in [-0.2, 0) is 6.54 Å². The summed E-state index contributed by atoms with van der Waals surface area (Å²) in [6.07, 6.45) is 1.95. The van der Waals surface area contributed by atoms with Gasteiger partial charge in [-0.05, 0) is 25.5 Å². The highest BCUT2D eigenvalue weighted by atomic mass is 15.2. The average Bonchev–Trinajstić information content (AvgIpc) is 2.26. The Morgan fingerprint density at radius 2 is 1.94 bits per heavy atom. The van der Waals surface area contributed by atoms with Gasteiger partial charge in [0.1, 0.15) is 5.82 Å². The second-order valence-corrected chi connectivity index (χ2v) is 4.76. The maximum absolute atomic E-state index is 4.46. The number of pyridine rings is 1. The lowest BCUT2D eigenvalue weighted by Gasteiger charge is -2.22. The summed E-state index contributed by atoms with van der Waals surface area (Å²) in [5.74, 6) is 1.03. The molecule has 0 saturated heterocycles. The Morgan fingerprint density at radius 1 is 1.25 bits per heavy atom. The van der Waals surface area contributed by atoms with Crippen LogP contribution in [0.3, 0.4) is 0 Å². The maximum Gasteiger partial charge on any atom is 0.128 e. The third-order valence-corrected chi connectivity index (χ3v) is 2.66. The lowest BCUT2D eigenvalue weighted by Crippen LogP contribution is -2.26. The standard InChI is InChI=1S/C13H23N3/c1-10(2)14-8-12-6-7-13(15-9-12)16(5)11(3)4/h6-7,9-11,14H,8H2,1-5H3. The largest absolute Gasteiger partial charge is 0.357 e. The van der Waals surface area contributed by atoms with Crippen molar-refractivity contribution < 1.29 is 0 Å². The fraction of sp³-hybridized carbons (Fsp3) is 0.615. The molecular weight excluding hydrogens is 198 g/mol. The molecule has 3 heteroatoms. The number of hydrogen-bond acceptors (Lipinski definition) is 3. The van der Waals surface area contributed by atoms with E-state index in [1.54, 1.807) is 0 Å². The second kappa shape index (κ2) is 5.85. The van der Waals surface area contributed by atoms with E-state index in [4.69, 9.17) is 0 Å². The van der Waals surface area contributed by atoms with Crippen molar-refractivity contribution in [2.75, 3.05) is 11.9 Å². The van der Waals surface area contributed by atoms with Gasteiger partial charge in [0.15, 0.2) is 0 Å². The Morgan fingerprint density at radius 3 is 2.38 bits per heavy atom. The Labute approximate surface area is 98.9 Å². The van der Waals surface area contributed by atoms with Gasteiger partial charge >= 0.3 is 0 Å². The summed E-state index contributed by atoms with van der Waals surface area (Å²) in [5, 5.41) is 3.38. The number of nitrogens with one attached hydrogen (secondary N) is 1. The van der Waals surface area contributed by atoms with Crippen molar-refractivity contribution in [1.29, 1.82) is 0 Å². The molecule has 0 bridgehead atoms. The van der Waals surface area contributed by atoms with E-state index in [9.17, 15) is 0 Å². The summed E-state index contributed by atoms with van der Waals surface area (Å²) in [5.41, 5.74) is 1.23. The molecule has 0 spiro atoms. The number of nitrogens with zero attached hydrogens (tertiary/aromatic N) is 2. The molecule has 0 aliphatic carbocycles. The van der Waals surface area contributed by atoms with Crippen LogP contribution in [0.25, 0.3) is 0 Å². The van der Waals surface area contributed by atoms with Crippen LogP contribution in [0.15, 0.2) is 18.3 Å². The summed E-state index contributed by atoms with van der Waals surface area (Å²) in [4.78, 5) is 6.63. The minimum Gasteiger partial charge on any atom is -0.357 e. The molecule has 0 atom stereocenters. The normalized spacial score (nSPS) is 11.2. The zero-order valence-electron chi connectivity index (χ0n) is 11.0. The van der Waals surface area contributed by atoms with Gasteiger partial charge in [-0.25, -0.2) is 4.98 Å². The van der Waals surface area contributed by atoms with Gasteiger partial charge < -0.3 is 10.2 Å². The van der Waals surface area contributed by atoms with Crippen molar-refractivity contribution in [3.05, 3.63) is 23.9 Å². The van der Waals surface area contributed by atoms with Gasteiger partial charge in [0.05, 0.1) is 0 Å². The number of anilines is 1.